The summed E-state index contributed by atoms with van der Waals surface area (Å²) in [6.45, 7) is 4.98. The van der Waals surface area contributed by atoms with Gasteiger partial charge in [-0.3, -0.25) is 4.21 Å². The fraction of sp³-hybridized carbons (Fsp3) is 1.00. The summed E-state index contributed by atoms with van der Waals surface area (Å²) in [7, 11) is -0.611. The zero-order chi connectivity index (χ0) is 8.69. The van der Waals surface area contributed by atoms with E-state index in [1.165, 1.54) is 0 Å². The lowest BCUT2D eigenvalue weighted by Gasteiger charge is -2.18. The molecular formula is C7H17NO2S. The molecular weight excluding hydrogens is 162 g/mol. The third kappa shape index (κ3) is 10.1. The Bertz CT molecular complexity index is 109. The largest absolute Gasteiger partial charge is 0.376 e. The molecule has 1 aliphatic heterocycles. The van der Waals surface area contributed by atoms with Crippen LogP contribution in [0.5, 0.6) is 0 Å². The Morgan fingerprint density at radius 2 is 2.09 bits per heavy atom. The molecule has 1 atom stereocenters. The smallest absolute Gasteiger partial charge is 0.0672 e. The van der Waals surface area contributed by atoms with E-state index in [4.69, 9.17) is 4.74 Å². The monoisotopic (exact) mass is 179 g/mol. The van der Waals surface area contributed by atoms with Crippen molar-refractivity contribution >= 4 is 10.8 Å². The van der Waals surface area contributed by atoms with Gasteiger partial charge >= 0.3 is 0 Å². The summed E-state index contributed by atoms with van der Waals surface area (Å²) in [5, 5.41) is 3.21. The summed E-state index contributed by atoms with van der Waals surface area (Å²) >= 11 is 0. The zero-order valence-electron chi connectivity index (χ0n) is 7.42. The molecule has 1 fully saturated rings. The van der Waals surface area contributed by atoms with Crippen LogP contribution in [0.3, 0.4) is 0 Å². The lowest BCUT2D eigenvalue weighted by molar-refractivity contribution is 0.0410. The Balaban J connectivity index is 0.000000218. The predicted octanol–water partition coefficient (Wildman–Crippen LogP) is -0.0106. The van der Waals surface area contributed by atoms with Crippen LogP contribution in [0.1, 0.15) is 6.92 Å². The van der Waals surface area contributed by atoms with Gasteiger partial charge in [0.15, 0.2) is 0 Å². The lowest BCUT2D eigenvalue weighted by atomic mass is 10.3. The van der Waals surface area contributed by atoms with E-state index in [1.807, 2.05) is 0 Å². The molecule has 0 radical (unpaired) electrons. The quantitative estimate of drug-likeness (QED) is 0.568. The second kappa shape index (κ2) is 6.76. The number of hydrogen-bond donors (Lipinski definition) is 1. The molecule has 0 saturated carbocycles. The average Bonchev–Trinajstić information content (AvgIpc) is 1.87. The third-order valence-electron chi connectivity index (χ3n) is 1.11. The minimum atomic E-state index is -0.611. The van der Waals surface area contributed by atoms with Crippen molar-refractivity contribution in [3.63, 3.8) is 0 Å². The van der Waals surface area contributed by atoms with E-state index < -0.39 is 10.8 Å². The first-order valence-electron chi connectivity index (χ1n) is 3.70. The van der Waals surface area contributed by atoms with E-state index in [0.717, 1.165) is 19.7 Å². The fourth-order valence-electron chi connectivity index (χ4n) is 0.697. The Morgan fingerprint density at radius 1 is 1.55 bits per heavy atom. The molecule has 1 saturated heterocycles. The van der Waals surface area contributed by atoms with E-state index in [9.17, 15) is 4.21 Å². The molecule has 11 heavy (non-hydrogen) atoms. The first kappa shape index (κ1) is 11.1. The van der Waals surface area contributed by atoms with Gasteiger partial charge in [-0.05, 0) is 6.92 Å². The van der Waals surface area contributed by atoms with Crippen LogP contribution in [0.4, 0.5) is 0 Å². The highest BCUT2D eigenvalue weighted by atomic mass is 32.2. The molecule has 1 rings (SSSR count). The highest BCUT2D eigenvalue weighted by molar-refractivity contribution is 7.83. The molecule has 3 nitrogen and oxygen atoms in total. The van der Waals surface area contributed by atoms with Crippen LogP contribution in [0, 0.1) is 0 Å². The summed E-state index contributed by atoms with van der Waals surface area (Å²) in [5.41, 5.74) is 0. The van der Waals surface area contributed by atoms with Crippen LogP contribution in [0.2, 0.25) is 0 Å². The van der Waals surface area contributed by atoms with Crippen LogP contribution >= 0.6 is 0 Å². The minimum absolute atomic E-state index is 0.425. The maximum Gasteiger partial charge on any atom is 0.0672 e. The second-order valence-corrected chi connectivity index (χ2v) is 4.11. The summed E-state index contributed by atoms with van der Waals surface area (Å²) in [5.74, 6) is 0. The Morgan fingerprint density at radius 3 is 2.27 bits per heavy atom. The Kier molecular flexibility index (Phi) is 6.80. The molecule has 4 heteroatoms. The van der Waals surface area contributed by atoms with Gasteiger partial charge < -0.3 is 10.1 Å². The molecule has 0 aromatic carbocycles. The molecule has 1 heterocycles. The third-order valence-corrected chi connectivity index (χ3v) is 1.11. The van der Waals surface area contributed by atoms with Crippen LogP contribution in [-0.2, 0) is 15.5 Å². The van der Waals surface area contributed by atoms with E-state index in [0.29, 0.717) is 6.10 Å². The molecule has 0 aromatic heterocycles. The average molecular weight is 179 g/mol. The standard InChI is InChI=1S/C5H11NO.C2H6OS/c1-5-4-6-2-3-7-5;1-4(2)3/h5-6H,2-4H2,1H3;1-2H3. The van der Waals surface area contributed by atoms with Crippen LogP contribution in [0.15, 0.2) is 0 Å². The molecule has 0 amide bonds. The number of nitrogens with one attached hydrogen (secondary N) is 1. The van der Waals surface area contributed by atoms with Crippen molar-refractivity contribution in [3.05, 3.63) is 0 Å². The lowest BCUT2D eigenvalue weighted by Crippen LogP contribution is -2.36. The number of morpholine rings is 1. The number of rotatable bonds is 0. The van der Waals surface area contributed by atoms with E-state index in [-0.39, 0.29) is 0 Å². The molecule has 1 N–H and O–H groups in total. The van der Waals surface area contributed by atoms with Crippen molar-refractivity contribution in [2.45, 2.75) is 13.0 Å². The molecule has 1 unspecified atom stereocenters. The molecule has 68 valence electrons. The first-order valence-corrected chi connectivity index (χ1v) is 5.67. The van der Waals surface area contributed by atoms with Crippen LogP contribution in [-0.4, -0.2) is 42.5 Å². The van der Waals surface area contributed by atoms with Crippen molar-refractivity contribution in [3.8, 4) is 0 Å². The summed E-state index contributed by atoms with van der Waals surface area (Å²) in [6.07, 6.45) is 3.70. The van der Waals surface area contributed by atoms with Gasteiger partial charge in [0, 0.05) is 36.4 Å². The maximum atomic E-state index is 9.56. The summed E-state index contributed by atoms with van der Waals surface area (Å²) < 4.78 is 14.8. The summed E-state index contributed by atoms with van der Waals surface area (Å²) in [4.78, 5) is 0. The topological polar surface area (TPSA) is 38.3 Å². The van der Waals surface area contributed by atoms with Gasteiger partial charge in [-0.1, -0.05) is 0 Å². The fourth-order valence-corrected chi connectivity index (χ4v) is 0.697. The van der Waals surface area contributed by atoms with Gasteiger partial charge in [0.25, 0.3) is 0 Å². The van der Waals surface area contributed by atoms with E-state index >= 15 is 0 Å². The SMILES string of the molecule is CC1CNCCO1.CS(C)=O. The van der Waals surface area contributed by atoms with Crippen molar-refractivity contribution in [2.75, 3.05) is 32.2 Å². The van der Waals surface area contributed by atoms with E-state index in [2.05, 4.69) is 12.2 Å². The Hall–Kier alpha value is 0.0700. The van der Waals surface area contributed by atoms with Crippen LogP contribution in [0.25, 0.3) is 0 Å². The van der Waals surface area contributed by atoms with Gasteiger partial charge in [-0.15, -0.1) is 0 Å². The molecule has 0 aromatic rings. The van der Waals surface area contributed by atoms with Crippen molar-refractivity contribution in [2.24, 2.45) is 0 Å². The van der Waals surface area contributed by atoms with Gasteiger partial charge in [-0.25, -0.2) is 0 Å². The zero-order valence-corrected chi connectivity index (χ0v) is 8.24. The van der Waals surface area contributed by atoms with E-state index in [1.54, 1.807) is 12.5 Å². The van der Waals surface area contributed by atoms with Crippen molar-refractivity contribution in [1.82, 2.24) is 5.32 Å². The summed E-state index contributed by atoms with van der Waals surface area (Å²) in [6, 6.07) is 0. The van der Waals surface area contributed by atoms with Gasteiger partial charge in [0.2, 0.25) is 0 Å². The normalized spacial score (nSPS) is 24.2. The first-order chi connectivity index (χ1) is 5.13. The maximum absolute atomic E-state index is 9.56. The highest BCUT2D eigenvalue weighted by Gasteiger charge is 2.04. The van der Waals surface area contributed by atoms with Crippen molar-refractivity contribution in [1.29, 1.82) is 0 Å². The highest BCUT2D eigenvalue weighted by Crippen LogP contribution is 1.91. The van der Waals surface area contributed by atoms with Gasteiger partial charge in [0.05, 0.1) is 12.7 Å². The van der Waals surface area contributed by atoms with Gasteiger partial charge in [-0.2, -0.15) is 0 Å². The number of hydrogen-bond acceptors (Lipinski definition) is 3. The van der Waals surface area contributed by atoms with Crippen molar-refractivity contribution < 1.29 is 8.95 Å². The molecule has 0 spiro atoms. The minimum Gasteiger partial charge on any atom is -0.376 e. The second-order valence-electron chi connectivity index (χ2n) is 2.63. The Labute approximate surface area is 71.0 Å². The molecule has 0 aliphatic carbocycles. The molecule has 1 aliphatic rings. The van der Waals surface area contributed by atoms with Crippen LogP contribution < -0.4 is 5.32 Å². The predicted molar refractivity (Wildman–Crippen MR) is 48.3 cm³/mol. The molecule has 0 bridgehead atoms. The number of ether oxygens (including phenoxy) is 1. The van der Waals surface area contributed by atoms with Gasteiger partial charge in [0.1, 0.15) is 0 Å².